The van der Waals surface area contributed by atoms with Gasteiger partial charge in [0.05, 0.1) is 39.1 Å². The molecule has 6 N–H and O–H groups in total. The Morgan fingerprint density at radius 3 is 2.42 bits per heavy atom. The summed E-state index contributed by atoms with van der Waals surface area (Å²) in [6, 6.07) is 5.55. The first kappa shape index (κ1) is 15.6. The number of rotatable bonds is 8. The molecule has 0 aliphatic heterocycles. The number of hydrogen-bond acceptors (Lipinski definition) is 4. The van der Waals surface area contributed by atoms with Crippen molar-refractivity contribution in [3.8, 4) is 0 Å². The molecule has 0 atom stereocenters. The third-order valence-corrected chi connectivity index (χ3v) is 2.88. The minimum Gasteiger partial charge on any atom is -0.399 e. The number of nitrogen functional groups attached to an aromatic ring is 2. The molecule has 1 aromatic rings. The molecule has 0 aliphatic rings. The van der Waals surface area contributed by atoms with Crippen LogP contribution < -0.4 is 22.1 Å². The second kappa shape index (κ2) is 7.21. The zero-order valence-electron chi connectivity index (χ0n) is 12.4. The molecule has 0 aliphatic carbocycles. The lowest BCUT2D eigenvalue weighted by Crippen LogP contribution is -2.37. The van der Waals surface area contributed by atoms with Gasteiger partial charge in [-0.25, -0.2) is 0 Å². The molecule has 108 valence electrons. The van der Waals surface area contributed by atoms with E-state index < -0.39 is 0 Å². The van der Waals surface area contributed by atoms with Gasteiger partial charge in [0.25, 0.3) is 0 Å². The molecule has 0 unspecified atom stereocenters. The Labute approximate surface area is 116 Å². The summed E-state index contributed by atoms with van der Waals surface area (Å²) in [6.45, 7) is 4.03. The number of anilines is 3. The molecule has 0 saturated heterocycles. The first-order valence-corrected chi connectivity index (χ1v) is 6.78. The Hall–Kier alpha value is -1.46. The molecule has 0 spiro atoms. The van der Waals surface area contributed by atoms with E-state index in [1.165, 1.54) is 13.0 Å². The number of nitrogens with two attached hydrogens (primary N) is 2. The van der Waals surface area contributed by atoms with Crippen molar-refractivity contribution in [3.63, 3.8) is 0 Å². The fourth-order valence-corrected chi connectivity index (χ4v) is 1.83. The molecule has 1 aromatic carbocycles. The average molecular weight is 266 g/mol. The highest BCUT2D eigenvalue weighted by Gasteiger charge is 2.04. The van der Waals surface area contributed by atoms with Gasteiger partial charge in [0.15, 0.2) is 0 Å². The SMILES string of the molecule is C[N+](C)(C)CCCNCCNc1ccc(N)cc1N. The predicted molar refractivity (Wildman–Crippen MR) is 84.1 cm³/mol. The number of quaternary nitrogens is 1. The molecule has 5 nitrogen and oxygen atoms in total. The lowest BCUT2D eigenvalue weighted by Gasteiger charge is -2.23. The second-order valence-electron chi connectivity index (χ2n) is 5.89. The highest BCUT2D eigenvalue weighted by molar-refractivity contribution is 5.70. The van der Waals surface area contributed by atoms with Crippen molar-refractivity contribution in [2.45, 2.75) is 6.42 Å². The van der Waals surface area contributed by atoms with E-state index in [0.717, 1.165) is 29.8 Å². The Bertz CT molecular complexity index is 384. The van der Waals surface area contributed by atoms with Gasteiger partial charge < -0.3 is 26.6 Å². The number of hydrogen-bond donors (Lipinski definition) is 4. The first-order chi connectivity index (χ1) is 8.88. The Kier molecular flexibility index (Phi) is 5.92. The average Bonchev–Trinajstić information content (AvgIpc) is 2.29. The van der Waals surface area contributed by atoms with Gasteiger partial charge in [0, 0.05) is 31.7 Å². The van der Waals surface area contributed by atoms with E-state index in [2.05, 4.69) is 31.8 Å². The van der Waals surface area contributed by atoms with Crippen LogP contribution in [0.4, 0.5) is 17.1 Å². The third kappa shape index (κ3) is 6.88. The molecular weight excluding hydrogens is 238 g/mol. The standard InChI is InChI=1S/C14H28N5/c1-19(2,3)10-4-7-17-8-9-18-14-6-5-12(15)11-13(14)16/h5-6,11,17-18H,4,7-10,15-16H2,1-3H3/q+1. The van der Waals surface area contributed by atoms with Crippen LogP contribution in [0.2, 0.25) is 0 Å². The quantitative estimate of drug-likeness (QED) is 0.321. The number of nitrogens with one attached hydrogen (secondary N) is 2. The van der Waals surface area contributed by atoms with Crippen LogP contribution in [0.3, 0.4) is 0 Å². The maximum atomic E-state index is 5.87. The van der Waals surface area contributed by atoms with E-state index in [1.807, 2.05) is 12.1 Å². The Morgan fingerprint density at radius 1 is 1.05 bits per heavy atom. The largest absolute Gasteiger partial charge is 0.399 e. The second-order valence-corrected chi connectivity index (χ2v) is 5.89. The summed E-state index contributed by atoms with van der Waals surface area (Å²) in [5.74, 6) is 0. The van der Waals surface area contributed by atoms with Crippen LogP contribution in [-0.4, -0.2) is 51.8 Å². The summed E-state index contributed by atoms with van der Waals surface area (Å²) in [4.78, 5) is 0. The monoisotopic (exact) mass is 266 g/mol. The Balaban J connectivity index is 2.11. The summed E-state index contributed by atoms with van der Waals surface area (Å²) in [5.41, 5.74) is 13.9. The molecule has 0 amide bonds. The third-order valence-electron chi connectivity index (χ3n) is 2.88. The number of benzene rings is 1. The van der Waals surface area contributed by atoms with Crippen LogP contribution in [0.15, 0.2) is 18.2 Å². The molecular formula is C14H28N5+. The van der Waals surface area contributed by atoms with Crippen molar-refractivity contribution < 1.29 is 4.48 Å². The zero-order chi connectivity index (χ0) is 14.3. The molecule has 1 rings (SSSR count). The van der Waals surface area contributed by atoms with Crippen LogP contribution >= 0.6 is 0 Å². The fraction of sp³-hybridized carbons (Fsp3) is 0.571. The molecule has 0 fully saturated rings. The van der Waals surface area contributed by atoms with E-state index in [0.29, 0.717) is 11.4 Å². The minimum absolute atomic E-state index is 0.696. The minimum atomic E-state index is 0.696. The van der Waals surface area contributed by atoms with E-state index >= 15 is 0 Å². The molecule has 0 bridgehead atoms. The maximum absolute atomic E-state index is 5.87. The van der Waals surface area contributed by atoms with Crippen molar-refractivity contribution in [3.05, 3.63) is 18.2 Å². The van der Waals surface area contributed by atoms with Crippen molar-refractivity contribution in [1.82, 2.24) is 5.32 Å². The maximum Gasteiger partial charge on any atom is 0.0792 e. The van der Waals surface area contributed by atoms with Crippen LogP contribution in [0, 0.1) is 0 Å². The van der Waals surface area contributed by atoms with Crippen molar-refractivity contribution in [1.29, 1.82) is 0 Å². The zero-order valence-corrected chi connectivity index (χ0v) is 12.4. The van der Waals surface area contributed by atoms with Crippen LogP contribution in [0.5, 0.6) is 0 Å². The van der Waals surface area contributed by atoms with E-state index in [-0.39, 0.29) is 0 Å². The summed E-state index contributed by atoms with van der Waals surface area (Å²) in [6.07, 6.45) is 1.19. The van der Waals surface area contributed by atoms with Crippen molar-refractivity contribution in [2.75, 3.05) is 64.1 Å². The highest BCUT2D eigenvalue weighted by Crippen LogP contribution is 2.20. The van der Waals surface area contributed by atoms with E-state index in [4.69, 9.17) is 11.5 Å². The number of nitrogens with zero attached hydrogens (tertiary/aromatic N) is 1. The van der Waals surface area contributed by atoms with Crippen molar-refractivity contribution >= 4 is 17.1 Å². The topological polar surface area (TPSA) is 76.1 Å². The summed E-state index contributed by atoms with van der Waals surface area (Å²) in [5, 5.41) is 6.72. The lowest BCUT2D eigenvalue weighted by atomic mass is 10.2. The van der Waals surface area contributed by atoms with Crippen LogP contribution in [0.1, 0.15) is 6.42 Å². The Morgan fingerprint density at radius 2 is 1.79 bits per heavy atom. The lowest BCUT2D eigenvalue weighted by molar-refractivity contribution is -0.870. The normalized spacial score (nSPS) is 11.5. The van der Waals surface area contributed by atoms with Crippen LogP contribution in [0.25, 0.3) is 0 Å². The highest BCUT2D eigenvalue weighted by atomic mass is 15.3. The first-order valence-electron chi connectivity index (χ1n) is 6.78. The van der Waals surface area contributed by atoms with Gasteiger partial charge in [-0.2, -0.15) is 0 Å². The molecule has 19 heavy (non-hydrogen) atoms. The molecule has 0 radical (unpaired) electrons. The van der Waals surface area contributed by atoms with Gasteiger partial charge in [0.2, 0.25) is 0 Å². The van der Waals surface area contributed by atoms with Gasteiger partial charge in [-0.3, -0.25) is 0 Å². The van der Waals surface area contributed by atoms with Gasteiger partial charge in [-0.1, -0.05) is 0 Å². The van der Waals surface area contributed by atoms with Crippen LogP contribution in [-0.2, 0) is 0 Å². The van der Waals surface area contributed by atoms with Gasteiger partial charge in [0.1, 0.15) is 0 Å². The van der Waals surface area contributed by atoms with Gasteiger partial charge >= 0.3 is 0 Å². The van der Waals surface area contributed by atoms with Gasteiger partial charge in [-0.05, 0) is 18.2 Å². The summed E-state index contributed by atoms with van der Waals surface area (Å²) >= 11 is 0. The summed E-state index contributed by atoms with van der Waals surface area (Å²) in [7, 11) is 6.64. The van der Waals surface area contributed by atoms with E-state index in [1.54, 1.807) is 6.07 Å². The molecule has 0 heterocycles. The molecule has 5 heteroatoms. The smallest absolute Gasteiger partial charge is 0.0792 e. The predicted octanol–water partition coefficient (Wildman–Crippen LogP) is 0.949. The molecule has 0 saturated carbocycles. The molecule has 0 aromatic heterocycles. The fourth-order valence-electron chi connectivity index (χ4n) is 1.83. The van der Waals surface area contributed by atoms with Crippen molar-refractivity contribution in [2.24, 2.45) is 0 Å². The van der Waals surface area contributed by atoms with Gasteiger partial charge in [-0.15, -0.1) is 0 Å². The summed E-state index contributed by atoms with van der Waals surface area (Å²) < 4.78 is 1.02. The van der Waals surface area contributed by atoms with E-state index in [9.17, 15) is 0 Å².